The lowest BCUT2D eigenvalue weighted by Gasteiger charge is -2.41. The average molecular weight is 854 g/mol. The molecule has 3 aromatic carbocycles. The zero-order chi connectivity index (χ0) is 43.1. The number of ether oxygens (including phenoxy) is 5. The lowest BCUT2D eigenvalue weighted by Crippen LogP contribution is -2.67. The predicted molar refractivity (Wildman–Crippen MR) is 222 cm³/mol. The van der Waals surface area contributed by atoms with Gasteiger partial charge in [-0.3, -0.25) is 9.69 Å². The van der Waals surface area contributed by atoms with E-state index in [0.29, 0.717) is 27.5 Å². The Morgan fingerprint density at radius 1 is 0.867 bits per heavy atom. The van der Waals surface area contributed by atoms with Gasteiger partial charge in [0.25, 0.3) is 0 Å². The molecule has 1 unspecified atom stereocenters. The summed E-state index contributed by atoms with van der Waals surface area (Å²) in [5, 5.41) is 66.9. The highest BCUT2D eigenvalue weighted by molar-refractivity contribution is 6.32. The van der Waals surface area contributed by atoms with E-state index in [0.717, 1.165) is 31.7 Å². The molecule has 10 atom stereocenters. The minimum atomic E-state index is -1.49. The first kappa shape index (κ1) is 45.6. The van der Waals surface area contributed by atoms with Crippen molar-refractivity contribution in [2.45, 2.75) is 94.7 Å². The molecule has 3 aromatic rings. The van der Waals surface area contributed by atoms with Gasteiger partial charge in [0.15, 0.2) is 6.29 Å². The molecule has 6 rings (SSSR count). The number of amides is 1. The van der Waals surface area contributed by atoms with Crippen LogP contribution in [0.4, 0.5) is 0 Å². The Morgan fingerprint density at radius 2 is 1.58 bits per heavy atom. The molecule has 3 fully saturated rings. The number of halogens is 1. The molecule has 2 aliphatic heterocycles. The smallest absolute Gasteiger partial charge is 0.247 e. The number of hydrogen-bond donors (Lipinski definition) is 7. The van der Waals surface area contributed by atoms with Crippen LogP contribution in [0.15, 0.2) is 84.0 Å². The van der Waals surface area contributed by atoms with Crippen LogP contribution >= 0.6 is 11.6 Å². The van der Waals surface area contributed by atoms with Gasteiger partial charge in [-0.05, 0) is 80.6 Å². The zero-order valence-electron chi connectivity index (χ0n) is 34.1. The van der Waals surface area contributed by atoms with Crippen LogP contribution in [0.25, 0.3) is 6.08 Å². The molecule has 60 heavy (non-hydrogen) atoms. The molecular weight excluding hydrogens is 798 g/mol. The fourth-order valence-electron chi connectivity index (χ4n) is 7.46. The quantitative estimate of drug-likeness (QED) is 0.0771. The van der Waals surface area contributed by atoms with Gasteiger partial charge in [0.05, 0.1) is 17.7 Å². The number of nitrogens with one attached hydrogen (secondary N) is 1. The second-order valence-electron chi connectivity index (χ2n) is 15.8. The molecule has 2 saturated heterocycles. The van der Waals surface area contributed by atoms with Gasteiger partial charge in [-0.2, -0.15) is 0 Å². The summed E-state index contributed by atoms with van der Waals surface area (Å²) in [7, 11) is 4.12. The Labute approximate surface area is 355 Å². The number of aromatic hydroxyl groups is 1. The van der Waals surface area contributed by atoms with Crippen LogP contribution in [0.3, 0.4) is 0 Å². The van der Waals surface area contributed by atoms with Crippen LogP contribution in [0.5, 0.6) is 11.5 Å². The van der Waals surface area contributed by atoms with Gasteiger partial charge in [0.1, 0.15) is 73.7 Å². The molecule has 16 heteroatoms. The molecule has 0 spiro atoms. The third-order valence-corrected chi connectivity index (χ3v) is 11.3. The number of likely N-dealkylation sites (N-methyl/N-ethyl adjacent to an activating group) is 1. The van der Waals surface area contributed by atoms with Crippen molar-refractivity contribution in [1.82, 2.24) is 15.1 Å². The third kappa shape index (κ3) is 11.3. The van der Waals surface area contributed by atoms with E-state index in [-0.39, 0.29) is 31.3 Å². The average Bonchev–Trinajstić information content (AvgIpc) is 3.83. The van der Waals surface area contributed by atoms with Crippen LogP contribution in [-0.2, 0) is 43.4 Å². The van der Waals surface area contributed by atoms with Crippen molar-refractivity contribution in [2.75, 3.05) is 40.6 Å². The Kier molecular flexibility index (Phi) is 15.8. The summed E-state index contributed by atoms with van der Waals surface area (Å²) in [6.07, 6.45) is -7.47. The van der Waals surface area contributed by atoms with E-state index >= 15 is 0 Å². The minimum absolute atomic E-state index is 0.136. The number of fused-ring (bicyclic) bond motifs is 1. The number of nitrogens with zero attached hydrogens (tertiary/aromatic N) is 2. The van der Waals surface area contributed by atoms with Gasteiger partial charge >= 0.3 is 0 Å². The summed E-state index contributed by atoms with van der Waals surface area (Å²) in [6.45, 7) is 6.43. The Balaban J connectivity index is 0.982. The van der Waals surface area contributed by atoms with Crippen molar-refractivity contribution in [3.63, 3.8) is 0 Å². The van der Waals surface area contributed by atoms with Crippen LogP contribution in [0.2, 0.25) is 5.02 Å². The minimum Gasteiger partial charge on any atom is -0.508 e. The van der Waals surface area contributed by atoms with Crippen LogP contribution < -0.4 is 10.1 Å². The van der Waals surface area contributed by atoms with Crippen molar-refractivity contribution in [1.29, 1.82) is 0 Å². The van der Waals surface area contributed by atoms with Gasteiger partial charge in [0.2, 0.25) is 5.91 Å². The van der Waals surface area contributed by atoms with Crippen molar-refractivity contribution in [2.24, 2.45) is 0 Å². The number of aliphatic hydroxyl groups excluding tert-OH is 5. The standard InChI is InChI=1S/C44H56ClN3O12/c1-25(14-17-56-33-13-11-29(19-31(33)45)22-48(16-15-47(3)4)21-27-8-6-5-7-9-27)40-38(53)39(54)44(60-40)57-23-30-12-10-28(20-32(30)49)18-26(2)43(55)46-34-35(50)37(52)42-41(36(34)51)58-24-59-42/h5-14,18-20,34-42,44,49-54H,15-17,21-24H2,1-4H3,(H,46,55)/b25-14+,26-18+/t34?,35-,36+,37+,38-,39-,40+,41-,42+,44+/m0/s1. The van der Waals surface area contributed by atoms with Gasteiger partial charge < -0.3 is 64.5 Å². The first-order chi connectivity index (χ1) is 28.7. The molecule has 0 bridgehead atoms. The van der Waals surface area contributed by atoms with Gasteiger partial charge in [-0.1, -0.05) is 60.1 Å². The second-order valence-corrected chi connectivity index (χ2v) is 16.2. The second kappa shape index (κ2) is 20.8. The molecule has 1 saturated carbocycles. The third-order valence-electron chi connectivity index (χ3n) is 11.0. The fourth-order valence-corrected chi connectivity index (χ4v) is 7.71. The van der Waals surface area contributed by atoms with E-state index in [2.05, 4.69) is 41.3 Å². The van der Waals surface area contributed by atoms with E-state index in [1.165, 1.54) is 24.6 Å². The summed E-state index contributed by atoms with van der Waals surface area (Å²) < 4.78 is 28.2. The van der Waals surface area contributed by atoms with Gasteiger partial charge in [-0.25, -0.2) is 0 Å². The maximum Gasteiger partial charge on any atom is 0.247 e. The molecule has 2 heterocycles. The topological polar surface area (TPSA) is 203 Å². The maximum absolute atomic E-state index is 13.0. The van der Waals surface area contributed by atoms with E-state index in [1.807, 2.05) is 36.4 Å². The largest absolute Gasteiger partial charge is 0.508 e. The fraction of sp³-hybridized carbons (Fsp3) is 0.477. The molecule has 326 valence electrons. The predicted octanol–water partition coefficient (Wildman–Crippen LogP) is 2.32. The van der Waals surface area contributed by atoms with Crippen molar-refractivity contribution in [3.05, 3.63) is 111 Å². The number of carbonyl (C=O) groups is 1. The highest BCUT2D eigenvalue weighted by atomic mass is 35.5. The highest BCUT2D eigenvalue weighted by Gasteiger charge is 2.53. The van der Waals surface area contributed by atoms with Gasteiger partial charge in [0, 0.05) is 37.3 Å². The molecule has 0 radical (unpaired) electrons. The van der Waals surface area contributed by atoms with Crippen LogP contribution in [0.1, 0.15) is 36.1 Å². The normalized spacial score (nSPS) is 28.3. The Hall–Kier alpha value is -3.94. The summed E-state index contributed by atoms with van der Waals surface area (Å²) >= 11 is 6.65. The van der Waals surface area contributed by atoms with Crippen LogP contribution in [-0.4, -0.2) is 148 Å². The molecule has 0 aromatic heterocycles. The molecule has 1 amide bonds. The molecule has 7 N–H and O–H groups in total. The number of phenolic OH excluding ortho intramolecular Hbond substituents is 1. The molecule has 3 aliphatic rings. The Morgan fingerprint density at radius 3 is 2.28 bits per heavy atom. The van der Waals surface area contributed by atoms with E-state index in [4.69, 9.17) is 35.3 Å². The van der Waals surface area contributed by atoms with Crippen molar-refractivity contribution in [3.8, 4) is 11.5 Å². The lowest BCUT2D eigenvalue weighted by molar-refractivity contribution is -0.168. The van der Waals surface area contributed by atoms with Crippen molar-refractivity contribution >= 4 is 23.6 Å². The molecule has 15 nitrogen and oxygen atoms in total. The van der Waals surface area contributed by atoms with E-state index < -0.39 is 67.1 Å². The highest BCUT2D eigenvalue weighted by Crippen LogP contribution is 2.32. The van der Waals surface area contributed by atoms with Crippen LogP contribution in [0, 0.1) is 0 Å². The monoisotopic (exact) mass is 853 g/mol. The number of hydrogen-bond acceptors (Lipinski definition) is 14. The SMILES string of the molecule is C/C(=C\c1ccc(CO[C@@H]2O[C@H](/C(C)=C/COc3ccc(CN(CCN(C)C)Cc4ccccc4)cc3Cl)[C@@H](O)[C@@H]2O)c(O)c1)C(=O)NC1[C@@H](O)[C@@H]2OCO[C@@H]2[C@H](O)[C@H]1O. The van der Waals surface area contributed by atoms with E-state index in [1.54, 1.807) is 25.1 Å². The van der Waals surface area contributed by atoms with Gasteiger partial charge in [-0.15, -0.1) is 0 Å². The number of phenols is 1. The summed E-state index contributed by atoms with van der Waals surface area (Å²) in [5.74, 6) is -0.257. The summed E-state index contributed by atoms with van der Waals surface area (Å²) in [4.78, 5) is 17.5. The number of aliphatic hydroxyl groups is 5. The first-order valence-electron chi connectivity index (χ1n) is 19.9. The molecule has 1 aliphatic carbocycles. The number of benzene rings is 3. The number of rotatable bonds is 17. The first-order valence-corrected chi connectivity index (χ1v) is 20.3. The maximum atomic E-state index is 13.0. The lowest BCUT2D eigenvalue weighted by atomic mass is 9.83. The molecular formula is C44H56ClN3O12. The van der Waals surface area contributed by atoms with E-state index in [9.17, 15) is 35.4 Å². The number of carbonyl (C=O) groups excluding carboxylic acids is 1. The van der Waals surface area contributed by atoms with Crippen molar-refractivity contribution < 1.29 is 59.1 Å². The summed E-state index contributed by atoms with van der Waals surface area (Å²) in [6, 6.07) is 19.5. The Bertz CT molecular complexity index is 1970. The summed E-state index contributed by atoms with van der Waals surface area (Å²) in [5.41, 5.74) is 3.94. The zero-order valence-corrected chi connectivity index (χ0v) is 34.9.